The molecule has 12 rings (SSSR count). The van der Waals surface area contributed by atoms with Gasteiger partial charge in [-0.3, -0.25) is 37.9 Å². The lowest BCUT2D eigenvalue weighted by molar-refractivity contribution is -0.145. The Bertz CT molecular complexity index is 4710. The van der Waals surface area contributed by atoms with E-state index in [-0.39, 0.29) is 50.1 Å². The van der Waals surface area contributed by atoms with Gasteiger partial charge in [-0.15, -0.1) is 11.8 Å². The van der Waals surface area contributed by atoms with Gasteiger partial charge in [0.15, 0.2) is 17.5 Å². The number of hydrogen-bond acceptors (Lipinski definition) is 25. The molecule has 0 atom stereocenters. The zero-order chi connectivity index (χ0) is 70.7. The lowest BCUT2D eigenvalue weighted by atomic mass is 10.1. The maximum absolute atomic E-state index is 12.1. The Morgan fingerprint density at radius 3 is 1.19 bits per heavy atom. The summed E-state index contributed by atoms with van der Waals surface area (Å²) in [6.45, 7) is 19.1. The molecule has 0 unspecified atom stereocenters. The van der Waals surface area contributed by atoms with Crippen LogP contribution in [0, 0.1) is 55.4 Å². The zero-order valence-corrected chi connectivity index (χ0v) is 61.3. The Hall–Kier alpha value is -9.78. The molecule has 0 aliphatic heterocycles. The number of nitrogens with zero attached hydrogens (tertiary/aromatic N) is 16. The van der Waals surface area contributed by atoms with Crippen molar-refractivity contribution in [3.05, 3.63) is 172 Å². The van der Waals surface area contributed by atoms with Crippen LogP contribution in [0.1, 0.15) is 52.0 Å². The Morgan fingerprint density at radius 2 is 0.808 bits per heavy atom. The van der Waals surface area contributed by atoms with Crippen LogP contribution in [0.4, 0.5) is 0 Å². The predicted octanol–water partition coefficient (Wildman–Crippen LogP) is 13.1. The highest BCUT2D eigenvalue weighted by Crippen LogP contribution is 2.33. The number of carbonyl (C=O) groups is 4. The van der Waals surface area contributed by atoms with Gasteiger partial charge in [-0.2, -0.15) is 37.9 Å². The maximum Gasteiger partial charge on any atom is 0.328 e. The first-order chi connectivity index (χ1) is 47.6. The van der Waals surface area contributed by atoms with Crippen molar-refractivity contribution < 1.29 is 38.1 Å². The number of benzene rings is 4. The summed E-state index contributed by atoms with van der Waals surface area (Å²) in [6.07, 6.45) is 1.88. The first-order valence-electron chi connectivity index (χ1n) is 31.2. The smallest absolute Gasteiger partial charge is 0.328 e. The number of aromatic nitrogens is 15. The third kappa shape index (κ3) is 20.9. The summed E-state index contributed by atoms with van der Waals surface area (Å²) >= 11 is 6.90. The summed E-state index contributed by atoms with van der Waals surface area (Å²) in [5, 5.41) is 20.0. The average molecular weight is 1430 g/mol. The van der Waals surface area contributed by atoms with Gasteiger partial charge >= 0.3 is 23.9 Å². The molecule has 0 saturated heterocycles. The van der Waals surface area contributed by atoms with Gasteiger partial charge < -0.3 is 23.8 Å². The first-order valence-corrected chi connectivity index (χ1v) is 35.7. The van der Waals surface area contributed by atoms with Gasteiger partial charge in [0.1, 0.15) is 76.5 Å². The summed E-state index contributed by atoms with van der Waals surface area (Å²) in [5.41, 5.74) is 16.0. The normalized spacial score (nSPS) is 10.9. The molecule has 514 valence electrons. The van der Waals surface area contributed by atoms with Crippen LogP contribution in [0.5, 0.6) is 0 Å². The number of carbonyl (C=O) groups excluding carboxylic acids is 4. The van der Waals surface area contributed by atoms with Gasteiger partial charge in [0, 0.05) is 23.2 Å². The number of ether oxygens (including phenoxy) is 4. The number of methoxy groups -OCH3 is 1. The lowest BCUT2D eigenvalue weighted by Crippen LogP contribution is -2.22. The van der Waals surface area contributed by atoms with Crippen LogP contribution in [0.3, 0.4) is 0 Å². The number of thioether (sulfide) groups is 1. The fourth-order valence-corrected chi connectivity index (χ4v) is 12.7. The van der Waals surface area contributed by atoms with E-state index in [9.17, 15) is 19.2 Å². The van der Waals surface area contributed by atoms with Crippen LogP contribution in [-0.4, -0.2) is 154 Å². The Labute approximate surface area is 594 Å². The molecule has 29 heteroatoms. The van der Waals surface area contributed by atoms with Crippen molar-refractivity contribution in [1.29, 1.82) is 0 Å². The number of esters is 4. The number of rotatable bonds is 22. The van der Waals surface area contributed by atoms with E-state index < -0.39 is 0 Å². The van der Waals surface area contributed by atoms with E-state index in [0.29, 0.717) is 60.3 Å². The van der Waals surface area contributed by atoms with Crippen molar-refractivity contribution in [3.8, 4) is 88.1 Å². The summed E-state index contributed by atoms with van der Waals surface area (Å²) < 4.78 is 44.4. The molecule has 0 N–H and O–H groups in total. The first kappa shape index (κ1) is 73.5. The summed E-state index contributed by atoms with van der Waals surface area (Å²) in [7, 11) is 5.22. The Kier molecular flexibility index (Phi) is 26.1. The topological polar surface area (TPSA) is 270 Å². The van der Waals surface area contributed by atoms with E-state index in [1.54, 1.807) is 25.7 Å². The van der Waals surface area contributed by atoms with Crippen LogP contribution >= 0.6 is 57.9 Å². The Morgan fingerprint density at radius 1 is 0.444 bits per heavy atom. The molecule has 0 aliphatic rings. The van der Waals surface area contributed by atoms with Gasteiger partial charge in [0.05, 0.1) is 47.1 Å². The SMILES string of the molecule is CCOC(=O)Cn1nc(C)cc1-c1cc(-c2cccc(C)c2)sn1.COC(=O)Cn1nc(C)cc1-c1nsc(-c2cccc(C)c2)n1.CSCOC(=O)Cn1nc(C)cc1-c1nsc(-c2cccc(C)c2)n1.Cc1cccc(-c2nc(-c3cc(C)nn3CC(=O)OCCN(C)C)ns2)c1. The molecule has 12 aromatic rings. The van der Waals surface area contributed by atoms with Gasteiger partial charge in [-0.05, 0) is 183 Å². The van der Waals surface area contributed by atoms with E-state index in [0.717, 1.165) is 76.3 Å². The summed E-state index contributed by atoms with van der Waals surface area (Å²) in [4.78, 5) is 64.2. The molecule has 0 fully saturated rings. The van der Waals surface area contributed by atoms with Gasteiger partial charge in [0.25, 0.3) is 0 Å². The standard InChI is InChI=1S/C19H23N5O2S.C18H19N3O2S.C17H18N4O2S2.C16H16N4O2S/c1-13-6-5-7-15(10-13)19-20-18(22-27-19)16-11-14(2)21-24(16)12-17(25)26-9-8-23(3)4;1-4-23-18(22)11-21-16(9-13(3)19-21)15-10-17(24-20-15)14-7-5-6-12(2)8-14;1-11-5-4-6-13(7-11)17-18-16(20-25-17)14-8-12(2)19-21(14)9-15(22)23-10-24-3;1-10-5-4-6-12(7-10)16-17-15(19-23-16)13-8-11(2)18-20(13)9-14(21)22-3/h5-7,10-11H,8-9,12H2,1-4H3;5-10H,4,11H2,1-3H3;4-8H,9-10H2,1-3H3;4-8H,9H2,1-3H3. The molecule has 4 aromatic carbocycles. The number of hydrogen-bond donors (Lipinski definition) is 0. The Balaban J connectivity index is 0.000000154. The molecule has 0 aliphatic carbocycles. The molecule has 0 bridgehead atoms. The van der Waals surface area contributed by atoms with Gasteiger partial charge in [-0.25, -0.2) is 15.0 Å². The van der Waals surface area contributed by atoms with Crippen molar-refractivity contribution >= 4 is 81.8 Å². The number of aryl methyl sites for hydroxylation is 8. The molecule has 0 radical (unpaired) electrons. The molecular weight excluding hydrogens is 1350 g/mol. The van der Waals surface area contributed by atoms with Crippen LogP contribution in [-0.2, 0) is 64.3 Å². The number of likely N-dealkylation sites (N-methyl/N-ethyl adjacent to an activating group) is 1. The van der Waals surface area contributed by atoms with E-state index in [1.165, 1.54) is 87.3 Å². The van der Waals surface area contributed by atoms with Crippen LogP contribution in [0.2, 0.25) is 0 Å². The van der Waals surface area contributed by atoms with Gasteiger partial charge in [-0.1, -0.05) is 101 Å². The van der Waals surface area contributed by atoms with Crippen molar-refractivity contribution in [2.24, 2.45) is 0 Å². The predicted molar refractivity (Wildman–Crippen MR) is 389 cm³/mol. The second-order valence-electron chi connectivity index (χ2n) is 23.0. The second kappa shape index (κ2) is 35.1. The molecule has 8 heterocycles. The fourth-order valence-electron chi connectivity index (χ4n) is 9.73. The van der Waals surface area contributed by atoms with Crippen molar-refractivity contribution in [2.45, 2.75) is 88.5 Å². The van der Waals surface area contributed by atoms with Crippen molar-refractivity contribution in [3.63, 3.8) is 0 Å². The van der Waals surface area contributed by atoms with E-state index in [1.807, 2.05) is 165 Å². The molecule has 8 aromatic heterocycles. The third-order valence-electron chi connectivity index (χ3n) is 14.2. The minimum absolute atomic E-state index is 0.0373. The van der Waals surface area contributed by atoms with E-state index in [2.05, 4.69) is 96.2 Å². The highest BCUT2D eigenvalue weighted by atomic mass is 32.2. The third-order valence-corrected chi connectivity index (χ3v) is 17.7. The van der Waals surface area contributed by atoms with Crippen molar-refractivity contribution in [1.82, 2.24) is 76.5 Å². The largest absolute Gasteiger partial charge is 0.468 e. The highest BCUT2D eigenvalue weighted by Gasteiger charge is 2.22. The molecule has 24 nitrogen and oxygen atoms in total. The van der Waals surface area contributed by atoms with Crippen LogP contribution in [0.15, 0.2) is 127 Å². The highest BCUT2D eigenvalue weighted by molar-refractivity contribution is 7.98. The van der Waals surface area contributed by atoms with E-state index >= 15 is 0 Å². The fraction of sp³-hybridized carbons (Fsp3) is 0.300. The van der Waals surface area contributed by atoms with Crippen LogP contribution < -0.4 is 0 Å². The minimum Gasteiger partial charge on any atom is -0.468 e. The quantitative estimate of drug-likeness (QED) is 0.0346. The molecular formula is C70H76N16O8S5. The average Bonchev–Trinajstić information content (AvgIpc) is 1.70. The monoisotopic (exact) mass is 1430 g/mol. The minimum atomic E-state index is -0.358. The molecule has 0 spiro atoms. The summed E-state index contributed by atoms with van der Waals surface area (Å²) in [5.74, 6) is 0.734. The zero-order valence-electron chi connectivity index (χ0n) is 57.2. The molecule has 99 heavy (non-hydrogen) atoms. The second-order valence-corrected chi connectivity index (χ2v) is 26.8. The summed E-state index contributed by atoms with van der Waals surface area (Å²) in [6, 6.07) is 42.3. The van der Waals surface area contributed by atoms with E-state index in [4.69, 9.17) is 18.9 Å². The van der Waals surface area contributed by atoms with Gasteiger partial charge in [0.2, 0.25) is 0 Å². The maximum atomic E-state index is 12.1. The van der Waals surface area contributed by atoms with Crippen molar-refractivity contribution in [2.75, 3.05) is 53.2 Å². The molecule has 0 amide bonds. The lowest BCUT2D eigenvalue weighted by Gasteiger charge is -2.10. The van der Waals surface area contributed by atoms with Crippen LogP contribution in [0.25, 0.3) is 88.1 Å². The molecule has 0 saturated carbocycles.